The number of halogens is 1. The van der Waals surface area contributed by atoms with Crippen molar-refractivity contribution in [3.63, 3.8) is 0 Å². The molecule has 0 saturated carbocycles. The molecule has 1 atom stereocenters. The van der Waals surface area contributed by atoms with Gasteiger partial charge in [-0.2, -0.15) is 0 Å². The molecule has 0 aliphatic carbocycles. The number of ether oxygens (including phenoxy) is 1. The Morgan fingerprint density at radius 1 is 1.17 bits per heavy atom. The minimum Gasteiger partial charge on any atom is -0.492 e. The summed E-state index contributed by atoms with van der Waals surface area (Å²) in [6, 6.07) is 14.3. The van der Waals surface area contributed by atoms with Gasteiger partial charge in [0.1, 0.15) is 18.2 Å². The second kappa shape index (κ2) is 5.65. The van der Waals surface area contributed by atoms with E-state index in [9.17, 15) is 4.39 Å². The zero-order valence-electron chi connectivity index (χ0n) is 10.3. The van der Waals surface area contributed by atoms with Gasteiger partial charge in [-0.05, 0) is 24.1 Å². The topological polar surface area (TPSA) is 35.2 Å². The predicted molar refractivity (Wildman–Crippen MR) is 70.0 cm³/mol. The number of nitrogens with two attached hydrogens (primary N) is 1. The van der Waals surface area contributed by atoms with Crippen LogP contribution in [0.5, 0.6) is 5.75 Å². The fraction of sp³-hybridized carbons (Fsp3) is 0.200. The van der Waals surface area contributed by atoms with Crippen LogP contribution in [0.3, 0.4) is 0 Å². The molecule has 0 saturated heterocycles. The van der Waals surface area contributed by atoms with Crippen LogP contribution in [0.1, 0.15) is 17.2 Å². The second-order valence-electron chi connectivity index (χ2n) is 4.24. The molecular formula is C15H16FNO. The quantitative estimate of drug-likeness (QED) is 0.897. The van der Waals surface area contributed by atoms with Gasteiger partial charge in [-0.25, -0.2) is 4.39 Å². The summed E-state index contributed by atoms with van der Waals surface area (Å²) in [7, 11) is 0. The maximum absolute atomic E-state index is 13.3. The van der Waals surface area contributed by atoms with Crippen molar-refractivity contribution < 1.29 is 9.13 Å². The average Bonchev–Trinajstić information content (AvgIpc) is 2.41. The van der Waals surface area contributed by atoms with Gasteiger partial charge in [-0.1, -0.05) is 36.4 Å². The number of hydrogen-bond donors (Lipinski definition) is 1. The standard InChI is InChI=1S/C15H16FNO/c1-11-7-8-13(9-14(11)16)18-10-15(17)12-5-3-2-4-6-12/h2-9,15H,10,17H2,1H3. The van der Waals surface area contributed by atoms with Gasteiger partial charge in [-0.15, -0.1) is 0 Å². The summed E-state index contributed by atoms with van der Waals surface area (Å²) in [5.41, 5.74) is 7.60. The van der Waals surface area contributed by atoms with E-state index in [0.717, 1.165) is 5.56 Å². The molecule has 2 aromatic rings. The van der Waals surface area contributed by atoms with E-state index in [-0.39, 0.29) is 11.9 Å². The highest BCUT2D eigenvalue weighted by Crippen LogP contribution is 2.18. The molecule has 3 heteroatoms. The first-order chi connectivity index (χ1) is 8.66. The van der Waals surface area contributed by atoms with Gasteiger partial charge < -0.3 is 10.5 Å². The fourth-order valence-electron chi connectivity index (χ4n) is 1.65. The Morgan fingerprint density at radius 3 is 2.56 bits per heavy atom. The maximum atomic E-state index is 13.3. The van der Waals surface area contributed by atoms with Gasteiger partial charge in [-0.3, -0.25) is 0 Å². The van der Waals surface area contributed by atoms with Crippen molar-refractivity contribution in [3.8, 4) is 5.75 Å². The van der Waals surface area contributed by atoms with E-state index in [0.29, 0.717) is 17.9 Å². The smallest absolute Gasteiger partial charge is 0.129 e. The predicted octanol–water partition coefficient (Wildman–Crippen LogP) is 3.21. The monoisotopic (exact) mass is 245 g/mol. The van der Waals surface area contributed by atoms with Crippen LogP contribution < -0.4 is 10.5 Å². The summed E-state index contributed by atoms with van der Waals surface area (Å²) in [5, 5.41) is 0. The zero-order valence-corrected chi connectivity index (χ0v) is 10.3. The molecular weight excluding hydrogens is 229 g/mol. The van der Waals surface area contributed by atoms with Crippen molar-refractivity contribution >= 4 is 0 Å². The number of rotatable bonds is 4. The summed E-state index contributed by atoms with van der Waals surface area (Å²) in [4.78, 5) is 0. The molecule has 2 aromatic carbocycles. The molecule has 0 aliphatic heterocycles. The fourth-order valence-corrected chi connectivity index (χ4v) is 1.65. The van der Waals surface area contributed by atoms with Crippen LogP contribution >= 0.6 is 0 Å². The van der Waals surface area contributed by atoms with Crippen LogP contribution in [-0.4, -0.2) is 6.61 Å². The molecule has 1 unspecified atom stereocenters. The van der Waals surface area contributed by atoms with Crippen LogP contribution in [0.2, 0.25) is 0 Å². The van der Waals surface area contributed by atoms with Gasteiger partial charge in [0.2, 0.25) is 0 Å². The lowest BCUT2D eigenvalue weighted by Crippen LogP contribution is -2.18. The first kappa shape index (κ1) is 12.6. The third-order valence-electron chi connectivity index (χ3n) is 2.80. The summed E-state index contributed by atoms with van der Waals surface area (Å²) in [5.74, 6) is 0.241. The lowest BCUT2D eigenvalue weighted by molar-refractivity contribution is 0.289. The van der Waals surface area contributed by atoms with Crippen molar-refractivity contribution in [2.75, 3.05) is 6.61 Å². The van der Waals surface area contributed by atoms with Gasteiger partial charge >= 0.3 is 0 Å². The summed E-state index contributed by atoms with van der Waals surface area (Å²) in [6.45, 7) is 2.04. The van der Waals surface area contributed by atoms with E-state index < -0.39 is 0 Å². The minimum absolute atomic E-state index is 0.212. The van der Waals surface area contributed by atoms with Crippen molar-refractivity contribution in [2.45, 2.75) is 13.0 Å². The summed E-state index contributed by atoms with van der Waals surface area (Å²) in [6.07, 6.45) is 0. The molecule has 0 bridgehead atoms. The first-order valence-electron chi connectivity index (χ1n) is 5.86. The molecule has 0 amide bonds. The van der Waals surface area contributed by atoms with Crippen LogP contribution in [0.15, 0.2) is 48.5 Å². The van der Waals surface area contributed by atoms with Crippen molar-refractivity contribution in [1.29, 1.82) is 0 Å². The van der Waals surface area contributed by atoms with Crippen LogP contribution in [0.4, 0.5) is 4.39 Å². The lowest BCUT2D eigenvalue weighted by Gasteiger charge is -2.13. The van der Waals surface area contributed by atoms with Crippen molar-refractivity contribution in [3.05, 3.63) is 65.5 Å². The highest BCUT2D eigenvalue weighted by atomic mass is 19.1. The zero-order chi connectivity index (χ0) is 13.0. The number of benzene rings is 2. The molecule has 0 aromatic heterocycles. The molecule has 0 fully saturated rings. The first-order valence-corrected chi connectivity index (χ1v) is 5.86. The van der Waals surface area contributed by atoms with Gasteiger partial charge in [0.05, 0.1) is 6.04 Å². The van der Waals surface area contributed by atoms with Gasteiger partial charge in [0.15, 0.2) is 0 Å². The SMILES string of the molecule is Cc1ccc(OCC(N)c2ccccc2)cc1F. The van der Waals surface area contributed by atoms with E-state index in [1.807, 2.05) is 30.3 Å². The molecule has 94 valence electrons. The van der Waals surface area contributed by atoms with E-state index in [2.05, 4.69) is 0 Å². The van der Waals surface area contributed by atoms with Gasteiger partial charge in [0.25, 0.3) is 0 Å². The molecule has 0 radical (unpaired) electrons. The van der Waals surface area contributed by atoms with E-state index in [1.54, 1.807) is 19.1 Å². The maximum Gasteiger partial charge on any atom is 0.129 e. The molecule has 2 rings (SSSR count). The van der Waals surface area contributed by atoms with Crippen LogP contribution in [0.25, 0.3) is 0 Å². The highest BCUT2D eigenvalue weighted by molar-refractivity contribution is 5.28. The van der Waals surface area contributed by atoms with Gasteiger partial charge in [0, 0.05) is 6.07 Å². The van der Waals surface area contributed by atoms with E-state index >= 15 is 0 Å². The molecule has 0 aliphatic rings. The summed E-state index contributed by atoms with van der Waals surface area (Å²) < 4.78 is 18.8. The average molecular weight is 245 g/mol. The Balaban J connectivity index is 1.97. The Morgan fingerprint density at radius 2 is 1.89 bits per heavy atom. The van der Waals surface area contributed by atoms with Crippen LogP contribution in [-0.2, 0) is 0 Å². The Bertz CT molecular complexity index is 513. The third-order valence-corrected chi connectivity index (χ3v) is 2.80. The van der Waals surface area contributed by atoms with Crippen molar-refractivity contribution in [2.24, 2.45) is 5.73 Å². The molecule has 2 N–H and O–H groups in total. The number of aryl methyl sites for hydroxylation is 1. The highest BCUT2D eigenvalue weighted by Gasteiger charge is 2.07. The van der Waals surface area contributed by atoms with E-state index in [4.69, 9.17) is 10.5 Å². The normalized spacial score (nSPS) is 12.2. The Kier molecular flexibility index (Phi) is 3.95. The molecule has 0 spiro atoms. The van der Waals surface area contributed by atoms with Crippen molar-refractivity contribution in [1.82, 2.24) is 0 Å². The molecule has 0 heterocycles. The minimum atomic E-state index is -0.263. The Labute approximate surface area is 106 Å². The van der Waals surface area contributed by atoms with E-state index in [1.165, 1.54) is 6.07 Å². The molecule has 18 heavy (non-hydrogen) atoms. The number of hydrogen-bond acceptors (Lipinski definition) is 2. The van der Waals surface area contributed by atoms with Crippen LogP contribution in [0, 0.1) is 12.7 Å². The largest absolute Gasteiger partial charge is 0.492 e. The summed E-state index contributed by atoms with van der Waals surface area (Å²) >= 11 is 0. The second-order valence-corrected chi connectivity index (χ2v) is 4.24. The molecule has 2 nitrogen and oxygen atoms in total. The lowest BCUT2D eigenvalue weighted by atomic mass is 10.1. The Hall–Kier alpha value is -1.87. The third kappa shape index (κ3) is 3.08.